The highest BCUT2D eigenvalue weighted by Crippen LogP contribution is 2.18. The summed E-state index contributed by atoms with van der Waals surface area (Å²) in [6, 6.07) is 8.19. The van der Waals surface area contributed by atoms with Gasteiger partial charge in [-0.05, 0) is 50.3 Å². The minimum atomic E-state index is -0.0916. The molecular weight excluding hydrogens is 330 g/mol. The Morgan fingerprint density at radius 1 is 1.23 bits per heavy atom. The molecule has 1 aromatic carbocycles. The number of carbonyl (C=O) groups excluding carboxylic acids is 1. The molecule has 0 atom stereocenters. The number of guanidine groups is 1. The molecule has 6 nitrogen and oxygen atoms in total. The number of benzene rings is 1. The molecule has 0 saturated carbocycles. The van der Waals surface area contributed by atoms with Crippen molar-refractivity contribution >= 4 is 11.9 Å². The first-order valence-corrected chi connectivity index (χ1v) is 9.42. The van der Waals surface area contributed by atoms with Crippen LogP contribution in [0.5, 0.6) is 5.75 Å². The molecule has 26 heavy (non-hydrogen) atoms. The van der Waals surface area contributed by atoms with Crippen molar-refractivity contribution in [2.45, 2.75) is 32.6 Å². The van der Waals surface area contributed by atoms with Crippen LogP contribution < -0.4 is 10.1 Å². The zero-order valence-electron chi connectivity index (χ0n) is 16.2. The van der Waals surface area contributed by atoms with Crippen molar-refractivity contribution in [2.75, 3.05) is 40.4 Å². The molecule has 0 aromatic heterocycles. The van der Waals surface area contributed by atoms with Crippen LogP contribution in [0.25, 0.3) is 0 Å². The summed E-state index contributed by atoms with van der Waals surface area (Å²) < 4.78 is 10.0. The van der Waals surface area contributed by atoms with Crippen LogP contribution in [0.2, 0.25) is 0 Å². The Bertz CT molecular complexity index is 578. The van der Waals surface area contributed by atoms with Crippen LogP contribution in [0.1, 0.15) is 31.7 Å². The molecule has 0 unspecified atom stereocenters. The topological polar surface area (TPSA) is 63.2 Å². The number of esters is 1. The van der Waals surface area contributed by atoms with Gasteiger partial charge in [-0.15, -0.1) is 0 Å². The number of aryl methyl sites for hydroxylation is 1. The molecule has 144 valence electrons. The zero-order valence-corrected chi connectivity index (χ0v) is 16.2. The van der Waals surface area contributed by atoms with Gasteiger partial charge in [-0.1, -0.05) is 12.1 Å². The van der Waals surface area contributed by atoms with Crippen molar-refractivity contribution in [3.05, 3.63) is 29.8 Å². The Balaban J connectivity index is 1.81. The fraction of sp³-hybridized carbons (Fsp3) is 0.600. The first-order chi connectivity index (χ1) is 12.7. The predicted octanol–water partition coefficient (Wildman–Crippen LogP) is 2.48. The highest BCUT2D eigenvalue weighted by atomic mass is 16.5. The number of nitrogens with zero attached hydrogens (tertiary/aromatic N) is 2. The second-order valence-electron chi connectivity index (χ2n) is 6.47. The molecule has 1 aliphatic rings. The lowest BCUT2D eigenvalue weighted by atomic mass is 9.97. The standard InChI is InChI=1S/C20H31N3O3/c1-4-21-20(23-14-11-17(12-15-23)19(24)26-3)22-13-5-6-16-7-9-18(25-2)10-8-16/h7-10,17H,4-6,11-15H2,1-3H3,(H,21,22). The summed E-state index contributed by atoms with van der Waals surface area (Å²) in [5.74, 6) is 1.77. The monoisotopic (exact) mass is 361 g/mol. The number of hydrogen-bond donors (Lipinski definition) is 1. The average molecular weight is 361 g/mol. The minimum absolute atomic E-state index is 0.0224. The van der Waals surface area contributed by atoms with E-state index in [1.165, 1.54) is 12.7 Å². The van der Waals surface area contributed by atoms with Gasteiger partial charge >= 0.3 is 5.97 Å². The van der Waals surface area contributed by atoms with Crippen LogP contribution >= 0.6 is 0 Å². The summed E-state index contributed by atoms with van der Waals surface area (Å²) in [6.45, 7) is 5.38. The quantitative estimate of drug-likeness (QED) is 0.350. The molecule has 1 fully saturated rings. The molecule has 1 N–H and O–H groups in total. The van der Waals surface area contributed by atoms with Gasteiger partial charge < -0.3 is 19.7 Å². The molecule has 0 radical (unpaired) electrons. The minimum Gasteiger partial charge on any atom is -0.497 e. The molecule has 0 amide bonds. The van der Waals surface area contributed by atoms with Crippen LogP contribution in [-0.2, 0) is 16.0 Å². The summed E-state index contributed by atoms with van der Waals surface area (Å²) >= 11 is 0. The van der Waals surface area contributed by atoms with Gasteiger partial charge in [0.05, 0.1) is 20.1 Å². The second-order valence-corrected chi connectivity index (χ2v) is 6.47. The number of nitrogens with one attached hydrogen (secondary N) is 1. The number of piperidine rings is 1. The Labute approximate surface area is 156 Å². The molecule has 0 bridgehead atoms. The van der Waals surface area contributed by atoms with E-state index in [0.717, 1.165) is 63.6 Å². The van der Waals surface area contributed by atoms with Crippen molar-refractivity contribution in [1.82, 2.24) is 10.2 Å². The SMILES string of the molecule is CCNC(=NCCCc1ccc(OC)cc1)N1CCC(C(=O)OC)CC1. The van der Waals surface area contributed by atoms with E-state index in [0.29, 0.717) is 0 Å². The summed E-state index contributed by atoms with van der Waals surface area (Å²) in [4.78, 5) is 18.7. The number of carbonyl (C=O) groups is 1. The lowest BCUT2D eigenvalue weighted by Crippen LogP contribution is -2.46. The maximum atomic E-state index is 11.7. The van der Waals surface area contributed by atoms with Crippen molar-refractivity contribution in [3.63, 3.8) is 0 Å². The Hall–Kier alpha value is -2.24. The Kier molecular flexibility index (Phi) is 8.25. The normalized spacial score (nSPS) is 15.7. The third-order valence-electron chi connectivity index (χ3n) is 4.71. The summed E-state index contributed by atoms with van der Waals surface area (Å²) in [6.07, 6.45) is 3.64. The van der Waals surface area contributed by atoms with E-state index in [2.05, 4.69) is 29.3 Å². The maximum absolute atomic E-state index is 11.7. The molecule has 1 heterocycles. The van der Waals surface area contributed by atoms with Crippen LogP contribution in [0, 0.1) is 5.92 Å². The summed E-state index contributed by atoms with van der Waals surface area (Å²) in [5, 5.41) is 3.37. The van der Waals surface area contributed by atoms with Crippen LogP contribution in [0.3, 0.4) is 0 Å². The Morgan fingerprint density at radius 3 is 2.50 bits per heavy atom. The largest absolute Gasteiger partial charge is 0.497 e. The number of methoxy groups -OCH3 is 2. The van der Waals surface area contributed by atoms with Gasteiger partial charge in [0.2, 0.25) is 0 Å². The first kappa shape index (κ1) is 20.1. The fourth-order valence-corrected chi connectivity index (χ4v) is 3.18. The van der Waals surface area contributed by atoms with Gasteiger partial charge in [0.1, 0.15) is 5.75 Å². The number of ether oxygens (including phenoxy) is 2. The van der Waals surface area contributed by atoms with Gasteiger partial charge in [0.15, 0.2) is 5.96 Å². The molecule has 0 aliphatic carbocycles. The van der Waals surface area contributed by atoms with E-state index < -0.39 is 0 Å². The Morgan fingerprint density at radius 2 is 1.92 bits per heavy atom. The van der Waals surface area contributed by atoms with Crippen molar-refractivity contribution in [3.8, 4) is 5.75 Å². The highest BCUT2D eigenvalue weighted by Gasteiger charge is 2.26. The average Bonchev–Trinajstić information content (AvgIpc) is 2.70. The van der Waals surface area contributed by atoms with Crippen molar-refractivity contribution in [2.24, 2.45) is 10.9 Å². The number of rotatable bonds is 7. The summed E-state index contributed by atoms with van der Waals surface area (Å²) in [7, 11) is 3.14. The second kappa shape index (κ2) is 10.7. The number of aliphatic imine (C=N–C) groups is 1. The van der Waals surface area contributed by atoms with E-state index in [1.807, 2.05) is 12.1 Å². The molecular formula is C20H31N3O3. The summed E-state index contributed by atoms with van der Waals surface area (Å²) in [5.41, 5.74) is 1.30. The van der Waals surface area contributed by atoms with Crippen LogP contribution in [-0.4, -0.2) is 57.2 Å². The van der Waals surface area contributed by atoms with Crippen molar-refractivity contribution in [1.29, 1.82) is 0 Å². The van der Waals surface area contributed by atoms with Crippen LogP contribution in [0.4, 0.5) is 0 Å². The van der Waals surface area contributed by atoms with Gasteiger partial charge in [0.25, 0.3) is 0 Å². The van der Waals surface area contributed by atoms with E-state index in [1.54, 1.807) is 7.11 Å². The van der Waals surface area contributed by atoms with Gasteiger partial charge in [-0.25, -0.2) is 0 Å². The lowest BCUT2D eigenvalue weighted by Gasteiger charge is -2.33. The van der Waals surface area contributed by atoms with E-state index in [-0.39, 0.29) is 11.9 Å². The van der Waals surface area contributed by atoms with Gasteiger partial charge in [0, 0.05) is 26.2 Å². The molecule has 1 aromatic rings. The van der Waals surface area contributed by atoms with Crippen LogP contribution in [0.15, 0.2) is 29.3 Å². The molecule has 0 spiro atoms. The van der Waals surface area contributed by atoms with E-state index in [4.69, 9.17) is 14.5 Å². The van der Waals surface area contributed by atoms with Gasteiger partial charge in [-0.3, -0.25) is 9.79 Å². The van der Waals surface area contributed by atoms with E-state index >= 15 is 0 Å². The van der Waals surface area contributed by atoms with Gasteiger partial charge in [-0.2, -0.15) is 0 Å². The van der Waals surface area contributed by atoms with Crippen molar-refractivity contribution < 1.29 is 14.3 Å². The fourth-order valence-electron chi connectivity index (χ4n) is 3.18. The third kappa shape index (κ3) is 5.93. The maximum Gasteiger partial charge on any atom is 0.308 e. The smallest absolute Gasteiger partial charge is 0.308 e. The predicted molar refractivity (Wildman–Crippen MR) is 104 cm³/mol. The molecule has 1 saturated heterocycles. The number of likely N-dealkylation sites (tertiary alicyclic amines) is 1. The first-order valence-electron chi connectivity index (χ1n) is 9.42. The third-order valence-corrected chi connectivity index (χ3v) is 4.71. The highest BCUT2D eigenvalue weighted by molar-refractivity contribution is 5.80. The lowest BCUT2D eigenvalue weighted by molar-refractivity contribution is -0.146. The number of hydrogen-bond acceptors (Lipinski definition) is 4. The molecule has 2 rings (SSSR count). The zero-order chi connectivity index (χ0) is 18.8. The molecule has 1 aliphatic heterocycles. The van der Waals surface area contributed by atoms with E-state index in [9.17, 15) is 4.79 Å². The molecule has 6 heteroatoms.